The summed E-state index contributed by atoms with van der Waals surface area (Å²) in [6, 6.07) is 11.1. The molecule has 2 aromatic rings. The second-order valence-corrected chi connectivity index (χ2v) is 5.02. The first-order valence-corrected chi connectivity index (χ1v) is 6.44. The molecular weight excluding hydrogens is 279 g/mol. The lowest BCUT2D eigenvalue weighted by Crippen LogP contribution is -2.18. The second kappa shape index (κ2) is 5.77. The number of hydrogen-bond donors (Lipinski definition) is 1. The average molecular weight is 295 g/mol. The SMILES string of the molecule is Cc1cc(C)cc(C(N)c2cccc(OC(F)(F)F)c2)c1. The first-order chi connectivity index (χ1) is 9.74. The number of ether oxygens (including phenoxy) is 1. The van der Waals surface area contributed by atoms with E-state index in [4.69, 9.17) is 5.73 Å². The summed E-state index contributed by atoms with van der Waals surface area (Å²) < 4.78 is 40.7. The largest absolute Gasteiger partial charge is 0.573 e. The standard InChI is InChI=1S/C16H16F3NO/c1-10-6-11(2)8-13(7-10)15(20)12-4-3-5-14(9-12)21-16(17,18)19/h3-9,15H,20H2,1-2H3. The average Bonchev–Trinajstić information content (AvgIpc) is 2.35. The maximum atomic E-state index is 12.2. The molecule has 0 aromatic heterocycles. The molecule has 0 saturated carbocycles. The number of nitrogens with two attached hydrogens (primary N) is 1. The van der Waals surface area contributed by atoms with Crippen molar-refractivity contribution < 1.29 is 17.9 Å². The van der Waals surface area contributed by atoms with E-state index < -0.39 is 12.4 Å². The van der Waals surface area contributed by atoms with Crippen LogP contribution in [-0.2, 0) is 0 Å². The van der Waals surface area contributed by atoms with Gasteiger partial charge in [0.05, 0.1) is 6.04 Å². The minimum absolute atomic E-state index is 0.264. The Hall–Kier alpha value is -2.01. The first kappa shape index (κ1) is 15.4. The fraction of sp³-hybridized carbons (Fsp3) is 0.250. The highest BCUT2D eigenvalue weighted by molar-refractivity contribution is 5.39. The molecule has 2 N–H and O–H groups in total. The monoisotopic (exact) mass is 295 g/mol. The van der Waals surface area contributed by atoms with Gasteiger partial charge in [0.2, 0.25) is 0 Å². The molecule has 2 aromatic carbocycles. The molecule has 0 amide bonds. The Balaban J connectivity index is 2.30. The third-order valence-electron chi connectivity index (χ3n) is 3.05. The van der Waals surface area contributed by atoms with Gasteiger partial charge >= 0.3 is 6.36 Å². The van der Waals surface area contributed by atoms with E-state index in [2.05, 4.69) is 4.74 Å². The van der Waals surface area contributed by atoms with Crippen LogP contribution >= 0.6 is 0 Å². The lowest BCUT2D eigenvalue weighted by atomic mass is 9.96. The number of halogens is 3. The third-order valence-corrected chi connectivity index (χ3v) is 3.05. The molecule has 0 spiro atoms. The molecular formula is C16H16F3NO. The molecule has 0 fully saturated rings. The highest BCUT2D eigenvalue weighted by Crippen LogP contribution is 2.28. The van der Waals surface area contributed by atoms with Crippen molar-refractivity contribution in [3.05, 3.63) is 64.7 Å². The Morgan fingerprint density at radius 2 is 1.57 bits per heavy atom. The van der Waals surface area contributed by atoms with Gasteiger partial charge in [-0.15, -0.1) is 13.2 Å². The van der Waals surface area contributed by atoms with Gasteiger partial charge < -0.3 is 10.5 Å². The van der Waals surface area contributed by atoms with Crippen molar-refractivity contribution in [2.75, 3.05) is 0 Å². The van der Waals surface area contributed by atoms with Crippen molar-refractivity contribution in [2.45, 2.75) is 26.3 Å². The predicted octanol–water partition coefficient (Wildman–Crippen LogP) is 4.25. The van der Waals surface area contributed by atoms with Crippen molar-refractivity contribution in [1.82, 2.24) is 0 Å². The Morgan fingerprint density at radius 3 is 2.14 bits per heavy atom. The van der Waals surface area contributed by atoms with Crippen LogP contribution in [0.5, 0.6) is 5.75 Å². The van der Waals surface area contributed by atoms with E-state index in [1.54, 1.807) is 6.07 Å². The van der Waals surface area contributed by atoms with Crippen molar-refractivity contribution in [3.63, 3.8) is 0 Å². The van der Waals surface area contributed by atoms with Crippen LogP contribution in [0.15, 0.2) is 42.5 Å². The zero-order valence-electron chi connectivity index (χ0n) is 11.7. The summed E-state index contributed by atoms with van der Waals surface area (Å²) in [7, 11) is 0. The molecule has 2 rings (SSSR count). The molecule has 0 bridgehead atoms. The minimum atomic E-state index is -4.71. The number of hydrogen-bond acceptors (Lipinski definition) is 2. The number of alkyl halides is 3. The van der Waals surface area contributed by atoms with Crippen molar-refractivity contribution in [3.8, 4) is 5.75 Å². The first-order valence-electron chi connectivity index (χ1n) is 6.44. The molecule has 112 valence electrons. The highest BCUT2D eigenvalue weighted by atomic mass is 19.4. The molecule has 1 atom stereocenters. The Bertz CT molecular complexity index is 617. The molecule has 0 heterocycles. The van der Waals surface area contributed by atoms with Crippen molar-refractivity contribution in [1.29, 1.82) is 0 Å². The van der Waals surface area contributed by atoms with Crippen LogP contribution in [0.4, 0.5) is 13.2 Å². The van der Waals surface area contributed by atoms with E-state index >= 15 is 0 Å². The van der Waals surface area contributed by atoms with Crippen LogP contribution in [0.1, 0.15) is 28.3 Å². The van der Waals surface area contributed by atoms with E-state index in [-0.39, 0.29) is 5.75 Å². The van der Waals surface area contributed by atoms with E-state index in [1.165, 1.54) is 18.2 Å². The van der Waals surface area contributed by atoms with Crippen molar-refractivity contribution >= 4 is 0 Å². The second-order valence-electron chi connectivity index (χ2n) is 5.02. The predicted molar refractivity (Wildman–Crippen MR) is 75.1 cm³/mol. The summed E-state index contributed by atoms with van der Waals surface area (Å²) in [5, 5.41) is 0. The Labute approximate surface area is 121 Å². The van der Waals surface area contributed by atoms with Gasteiger partial charge in [0.25, 0.3) is 0 Å². The molecule has 21 heavy (non-hydrogen) atoms. The number of rotatable bonds is 3. The number of benzene rings is 2. The van der Waals surface area contributed by atoms with Gasteiger partial charge in [0.15, 0.2) is 0 Å². The van der Waals surface area contributed by atoms with E-state index in [9.17, 15) is 13.2 Å². The van der Waals surface area contributed by atoms with E-state index in [0.29, 0.717) is 5.56 Å². The van der Waals surface area contributed by atoms with Gasteiger partial charge in [-0.1, -0.05) is 41.5 Å². The molecule has 5 heteroatoms. The fourth-order valence-electron chi connectivity index (χ4n) is 2.29. The van der Waals surface area contributed by atoms with Crippen LogP contribution in [-0.4, -0.2) is 6.36 Å². The molecule has 1 unspecified atom stereocenters. The van der Waals surface area contributed by atoms with Crippen molar-refractivity contribution in [2.24, 2.45) is 5.73 Å². The summed E-state index contributed by atoms with van der Waals surface area (Å²) in [6.07, 6.45) is -4.71. The molecule has 0 aliphatic carbocycles. The third kappa shape index (κ3) is 4.23. The van der Waals surface area contributed by atoms with Gasteiger partial charge in [-0.2, -0.15) is 0 Å². The van der Waals surface area contributed by atoms with Crippen LogP contribution in [0, 0.1) is 13.8 Å². The quantitative estimate of drug-likeness (QED) is 0.918. The molecule has 0 aliphatic heterocycles. The van der Waals surface area contributed by atoms with Gasteiger partial charge in [-0.25, -0.2) is 0 Å². The zero-order chi connectivity index (χ0) is 15.6. The molecule has 0 saturated heterocycles. The van der Waals surface area contributed by atoms with E-state index in [1.807, 2.05) is 32.0 Å². The molecule has 2 nitrogen and oxygen atoms in total. The van der Waals surface area contributed by atoms with Gasteiger partial charge in [0.1, 0.15) is 5.75 Å². The topological polar surface area (TPSA) is 35.2 Å². The maximum absolute atomic E-state index is 12.2. The van der Waals surface area contributed by atoms with Crippen LogP contribution < -0.4 is 10.5 Å². The van der Waals surface area contributed by atoms with Crippen LogP contribution in [0.3, 0.4) is 0 Å². The fourth-order valence-corrected chi connectivity index (χ4v) is 2.29. The normalized spacial score (nSPS) is 13.0. The maximum Gasteiger partial charge on any atom is 0.573 e. The van der Waals surface area contributed by atoms with Gasteiger partial charge in [-0.05, 0) is 37.1 Å². The number of aryl methyl sites for hydroxylation is 2. The minimum Gasteiger partial charge on any atom is -0.406 e. The summed E-state index contributed by atoms with van der Waals surface area (Å²) in [5.41, 5.74) is 9.70. The summed E-state index contributed by atoms with van der Waals surface area (Å²) in [5.74, 6) is -0.264. The van der Waals surface area contributed by atoms with Crippen LogP contribution in [0.25, 0.3) is 0 Å². The van der Waals surface area contributed by atoms with Gasteiger partial charge in [0, 0.05) is 0 Å². The smallest absolute Gasteiger partial charge is 0.406 e. The lowest BCUT2D eigenvalue weighted by molar-refractivity contribution is -0.274. The zero-order valence-corrected chi connectivity index (χ0v) is 11.7. The van der Waals surface area contributed by atoms with E-state index in [0.717, 1.165) is 16.7 Å². The summed E-state index contributed by atoms with van der Waals surface area (Å²) in [4.78, 5) is 0. The van der Waals surface area contributed by atoms with Gasteiger partial charge in [-0.3, -0.25) is 0 Å². The summed E-state index contributed by atoms with van der Waals surface area (Å²) in [6.45, 7) is 3.90. The lowest BCUT2D eigenvalue weighted by Gasteiger charge is -2.16. The molecule has 0 aliphatic rings. The van der Waals surface area contributed by atoms with Crippen LogP contribution in [0.2, 0.25) is 0 Å². The summed E-state index contributed by atoms with van der Waals surface area (Å²) >= 11 is 0. The Kier molecular flexibility index (Phi) is 4.23. The molecule has 0 radical (unpaired) electrons. The highest BCUT2D eigenvalue weighted by Gasteiger charge is 2.31. The Morgan fingerprint density at radius 1 is 0.952 bits per heavy atom.